The minimum Gasteiger partial charge on any atom is -0.725 e. The maximum atomic E-state index is 10.8. The molecule has 0 N–H and O–H groups in total. The molecule has 0 spiro atoms. The van der Waals surface area contributed by atoms with E-state index in [1.807, 2.05) is 12.5 Å². The number of carbonyl (C=O) groups is 2. The first-order valence-electron chi connectivity index (χ1n) is 5.95. The summed E-state index contributed by atoms with van der Waals surface area (Å²) in [6.07, 6.45) is 8.88. The van der Waals surface area contributed by atoms with E-state index in [1.54, 1.807) is 49.9 Å². The van der Waals surface area contributed by atoms with Crippen LogP contribution < -0.4 is 0 Å². The normalized spacial score (nSPS) is 13.1. The van der Waals surface area contributed by atoms with Crippen LogP contribution in [0, 0.1) is 38.0 Å². The molecular formula is C16H16CrO4-6. The summed E-state index contributed by atoms with van der Waals surface area (Å²) in [6.45, 7) is 0. The second kappa shape index (κ2) is 11.2. The Labute approximate surface area is 137 Å². The van der Waals surface area contributed by atoms with Gasteiger partial charge in [-0.1, -0.05) is 18.2 Å². The molecule has 5 heteroatoms. The van der Waals surface area contributed by atoms with Crippen LogP contribution in [0.4, 0.5) is 0 Å². The van der Waals surface area contributed by atoms with Crippen LogP contribution in [0.15, 0.2) is 30.3 Å². The van der Waals surface area contributed by atoms with Gasteiger partial charge in [0.1, 0.15) is 5.97 Å². The number of methoxy groups -OCH3 is 2. The number of rotatable bonds is 2. The zero-order valence-electron chi connectivity index (χ0n) is 11.8. The van der Waals surface area contributed by atoms with Gasteiger partial charge in [0, 0.05) is 17.4 Å². The van der Waals surface area contributed by atoms with Gasteiger partial charge in [0.25, 0.3) is 0 Å². The SMILES string of the molecule is COC(=O)[C-]1[CH-][CH-][CH-][CH-][CH-]1.COC(=O)c1ccccc1.[Cr]. The van der Waals surface area contributed by atoms with Gasteiger partial charge >= 0.3 is 5.97 Å². The average Bonchev–Trinajstić information content (AvgIpc) is 2.55. The molecule has 0 atom stereocenters. The van der Waals surface area contributed by atoms with E-state index in [2.05, 4.69) is 9.47 Å². The van der Waals surface area contributed by atoms with E-state index in [4.69, 9.17) is 0 Å². The molecule has 0 aromatic heterocycles. The average molecular weight is 324 g/mol. The van der Waals surface area contributed by atoms with Crippen LogP contribution >= 0.6 is 0 Å². The first kappa shape index (κ1) is 19.6. The Morgan fingerprint density at radius 2 is 1.52 bits per heavy atom. The molecule has 0 unspecified atom stereocenters. The summed E-state index contributed by atoms with van der Waals surface area (Å²) in [5.41, 5.74) is 0.588. The monoisotopic (exact) mass is 324 g/mol. The van der Waals surface area contributed by atoms with E-state index in [9.17, 15) is 9.59 Å². The summed E-state index contributed by atoms with van der Waals surface area (Å²) in [7, 11) is 2.74. The van der Waals surface area contributed by atoms with E-state index in [0.29, 0.717) is 11.5 Å². The summed E-state index contributed by atoms with van der Waals surface area (Å²) in [5, 5.41) is 0. The Balaban J connectivity index is 0.000000364. The van der Waals surface area contributed by atoms with Gasteiger partial charge in [0.15, 0.2) is 0 Å². The zero-order valence-corrected chi connectivity index (χ0v) is 13.1. The van der Waals surface area contributed by atoms with Crippen LogP contribution in [0.3, 0.4) is 0 Å². The first-order valence-corrected chi connectivity index (χ1v) is 5.95. The Hall–Kier alpha value is -1.44. The van der Waals surface area contributed by atoms with Gasteiger partial charge in [-0.3, -0.25) is 4.79 Å². The van der Waals surface area contributed by atoms with Crippen molar-refractivity contribution in [1.82, 2.24) is 0 Å². The smallest absolute Gasteiger partial charge is 0.337 e. The van der Waals surface area contributed by atoms with Crippen molar-refractivity contribution in [3.8, 4) is 0 Å². The Morgan fingerprint density at radius 3 is 2.00 bits per heavy atom. The number of benzene rings is 1. The first-order chi connectivity index (χ1) is 9.69. The molecule has 0 bridgehead atoms. The zero-order chi connectivity index (χ0) is 14.8. The minimum absolute atomic E-state index is 0. The molecule has 21 heavy (non-hydrogen) atoms. The number of esters is 2. The summed E-state index contributed by atoms with van der Waals surface area (Å²) in [4.78, 5) is 21.6. The van der Waals surface area contributed by atoms with E-state index in [0.717, 1.165) is 0 Å². The van der Waals surface area contributed by atoms with E-state index in [1.165, 1.54) is 14.2 Å². The fraction of sp³-hybridized carbons (Fsp3) is 0.125. The molecule has 4 nitrogen and oxygen atoms in total. The van der Waals surface area contributed by atoms with Gasteiger partial charge in [-0.25, -0.2) is 4.79 Å². The Morgan fingerprint density at radius 1 is 0.952 bits per heavy atom. The van der Waals surface area contributed by atoms with Gasteiger partial charge in [-0.05, 0) is 12.1 Å². The van der Waals surface area contributed by atoms with Crippen molar-refractivity contribution in [3.63, 3.8) is 0 Å². The predicted octanol–water partition coefficient (Wildman–Crippen LogP) is 2.24. The van der Waals surface area contributed by atoms with Crippen molar-refractivity contribution >= 4 is 11.9 Å². The summed E-state index contributed by atoms with van der Waals surface area (Å²) in [6, 6.07) is 8.88. The topological polar surface area (TPSA) is 52.6 Å². The molecule has 0 amide bonds. The minimum atomic E-state index is -0.291. The van der Waals surface area contributed by atoms with Crippen LogP contribution in [0.5, 0.6) is 0 Å². The Kier molecular flexibility index (Phi) is 10.5. The van der Waals surface area contributed by atoms with Gasteiger partial charge in [0.05, 0.1) is 19.8 Å². The van der Waals surface area contributed by atoms with Crippen molar-refractivity contribution in [2.45, 2.75) is 0 Å². The summed E-state index contributed by atoms with van der Waals surface area (Å²) < 4.78 is 8.99. The molecule has 1 aromatic rings. The van der Waals surface area contributed by atoms with Crippen LogP contribution in [0.25, 0.3) is 0 Å². The standard InChI is InChI=1S/2C8H8O2.Cr/c2*1-10-8(9)7-5-3-2-4-6-7;/h2*2-6H,1H3;/q;-6;. The van der Waals surface area contributed by atoms with Gasteiger partial charge < -0.3 is 47.5 Å². The fourth-order valence-corrected chi connectivity index (χ4v) is 1.38. The van der Waals surface area contributed by atoms with Crippen molar-refractivity contribution in [2.75, 3.05) is 14.2 Å². The van der Waals surface area contributed by atoms with Gasteiger partial charge in [-0.15, -0.1) is 0 Å². The molecule has 0 heterocycles. The molecular weight excluding hydrogens is 308 g/mol. The molecule has 0 aliphatic heterocycles. The van der Waals surface area contributed by atoms with Crippen molar-refractivity contribution in [2.24, 2.45) is 0 Å². The van der Waals surface area contributed by atoms with Gasteiger partial charge in [-0.2, -0.15) is 0 Å². The number of hydrogen-bond acceptors (Lipinski definition) is 4. The fourth-order valence-electron chi connectivity index (χ4n) is 1.38. The van der Waals surface area contributed by atoms with Crippen molar-refractivity contribution < 1.29 is 36.4 Å². The van der Waals surface area contributed by atoms with Crippen molar-refractivity contribution in [3.05, 3.63) is 73.9 Å². The molecule has 1 saturated carbocycles. The number of hydrogen-bond donors (Lipinski definition) is 0. The van der Waals surface area contributed by atoms with Crippen LogP contribution in [-0.4, -0.2) is 26.2 Å². The molecule has 1 aliphatic carbocycles. The number of ether oxygens (including phenoxy) is 2. The molecule has 0 saturated heterocycles. The molecule has 0 radical (unpaired) electrons. The van der Waals surface area contributed by atoms with Crippen LogP contribution in [-0.2, 0) is 31.6 Å². The summed E-state index contributed by atoms with van der Waals surface area (Å²) in [5.74, 6) is 0.00574. The third kappa shape index (κ3) is 7.22. The van der Waals surface area contributed by atoms with E-state index in [-0.39, 0.29) is 29.3 Å². The Bertz CT molecular complexity index is 414. The third-order valence-electron chi connectivity index (χ3n) is 2.39. The second-order valence-electron chi connectivity index (χ2n) is 3.72. The van der Waals surface area contributed by atoms with Crippen molar-refractivity contribution in [1.29, 1.82) is 0 Å². The number of carbonyl (C=O) groups excluding carboxylic acids is 2. The molecule has 116 valence electrons. The largest absolute Gasteiger partial charge is 0.725 e. The quantitative estimate of drug-likeness (QED) is 0.618. The maximum absolute atomic E-state index is 10.8. The maximum Gasteiger partial charge on any atom is 0.337 e. The van der Waals surface area contributed by atoms with E-state index < -0.39 is 0 Å². The molecule has 1 aromatic carbocycles. The van der Waals surface area contributed by atoms with Crippen LogP contribution in [0.2, 0.25) is 0 Å². The third-order valence-corrected chi connectivity index (χ3v) is 2.39. The molecule has 1 fully saturated rings. The predicted molar refractivity (Wildman–Crippen MR) is 74.5 cm³/mol. The van der Waals surface area contributed by atoms with Crippen LogP contribution in [0.1, 0.15) is 10.4 Å². The molecule has 2 rings (SSSR count). The second-order valence-corrected chi connectivity index (χ2v) is 3.72. The van der Waals surface area contributed by atoms with E-state index >= 15 is 0 Å². The van der Waals surface area contributed by atoms with Gasteiger partial charge in [0.2, 0.25) is 0 Å². The summed E-state index contributed by atoms with van der Waals surface area (Å²) >= 11 is 0. The molecule has 1 aliphatic rings.